The lowest BCUT2D eigenvalue weighted by Gasteiger charge is -2.04. The maximum absolute atomic E-state index is 13.0. The number of rotatable bonds is 4. The molecule has 2 aromatic rings. The number of nitrogens with zero attached hydrogens (tertiary/aromatic N) is 2. The first-order valence-corrected chi connectivity index (χ1v) is 10.3. The summed E-state index contributed by atoms with van der Waals surface area (Å²) in [7, 11) is 1.69. The van der Waals surface area contributed by atoms with Crippen molar-refractivity contribution in [3.8, 4) is 22.9 Å². The number of nitrogens with two attached hydrogens (primary N) is 1. The second-order valence-corrected chi connectivity index (χ2v) is 8.20. The standard InChI is InChI=1S/C16H12FN3O2S.C5H9NO2/c1-2-8-4-3-5-9(6-8)15-19-12(13(18)21)16(23-15)20-14(22)10-7-11(10)17;1-6-3-2-4(7)5(6)8/h1,3-6,10-11H,7H2,(H2,18,21)(H,20,22);4,7H,2-3H2,1H3. The highest BCUT2D eigenvalue weighted by atomic mass is 32.1. The fourth-order valence-electron chi connectivity index (χ4n) is 2.88. The molecule has 1 aromatic heterocycles. The number of likely N-dealkylation sites (N-methyl/N-ethyl adjacent to an activating group) is 1. The van der Waals surface area contributed by atoms with Crippen molar-refractivity contribution in [2.45, 2.75) is 25.1 Å². The third-order valence-electron chi connectivity index (χ3n) is 4.82. The highest BCUT2D eigenvalue weighted by Gasteiger charge is 2.44. The summed E-state index contributed by atoms with van der Waals surface area (Å²) >= 11 is 1.10. The highest BCUT2D eigenvalue weighted by Crippen LogP contribution is 2.37. The molecule has 4 rings (SSSR count). The number of aromatic nitrogens is 1. The molecule has 2 heterocycles. The molecule has 8 nitrogen and oxygen atoms in total. The Kier molecular flexibility index (Phi) is 6.68. The number of nitrogens with one attached hydrogen (secondary N) is 1. The largest absolute Gasteiger partial charge is 0.383 e. The van der Waals surface area contributed by atoms with E-state index in [4.69, 9.17) is 17.3 Å². The Morgan fingerprint density at radius 1 is 1.45 bits per heavy atom. The second kappa shape index (κ2) is 9.24. The number of halogens is 1. The van der Waals surface area contributed by atoms with Crippen LogP contribution in [0.4, 0.5) is 9.39 Å². The Balaban J connectivity index is 0.000000287. The molecule has 2 aliphatic rings. The van der Waals surface area contributed by atoms with Crippen LogP contribution in [0.15, 0.2) is 24.3 Å². The predicted molar refractivity (Wildman–Crippen MR) is 114 cm³/mol. The molecule has 0 spiro atoms. The molecule has 2 fully saturated rings. The summed E-state index contributed by atoms with van der Waals surface area (Å²) in [5.41, 5.74) is 6.64. The van der Waals surface area contributed by atoms with Gasteiger partial charge >= 0.3 is 0 Å². The summed E-state index contributed by atoms with van der Waals surface area (Å²) in [5, 5.41) is 12.0. The van der Waals surface area contributed by atoms with Gasteiger partial charge in [0.1, 0.15) is 22.3 Å². The molecule has 0 bridgehead atoms. The summed E-state index contributed by atoms with van der Waals surface area (Å²) in [5.74, 6) is 0.480. The van der Waals surface area contributed by atoms with E-state index in [0.29, 0.717) is 29.1 Å². The first-order valence-electron chi connectivity index (χ1n) is 9.47. The van der Waals surface area contributed by atoms with E-state index in [1.54, 1.807) is 31.3 Å². The van der Waals surface area contributed by atoms with Crippen LogP contribution in [0.5, 0.6) is 0 Å². The van der Waals surface area contributed by atoms with E-state index in [-0.39, 0.29) is 23.0 Å². The minimum Gasteiger partial charge on any atom is -0.383 e. The van der Waals surface area contributed by atoms with Gasteiger partial charge in [-0.05, 0) is 25.0 Å². The van der Waals surface area contributed by atoms with Crippen LogP contribution >= 0.6 is 11.3 Å². The topological polar surface area (TPSA) is 126 Å². The van der Waals surface area contributed by atoms with Crippen molar-refractivity contribution < 1.29 is 23.9 Å². The Morgan fingerprint density at radius 2 is 2.16 bits per heavy atom. The third-order valence-corrected chi connectivity index (χ3v) is 5.84. The van der Waals surface area contributed by atoms with Gasteiger partial charge in [0.25, 0.3) is 11.8 Å². The summed E-state index contributed by atoms with van der Waals surface area (Å²) in [4.78, 5) is 39.7. The van der Waals surface area contributed by atoms with Crippen LogP contribution in [0.2, 0.25) is 0 Å². The van der Waals surface area contributed by atoms with Crippen molar-refractivity contribution in [3.63, 3.8) is 0 Å². The van der Waals surface area contributed by atoms with Crippen LogP contribution in [-0.4, -0.2) is 58.6 Å². The number of hydrogen-bond donors (Lipinski definition) is 3. The van der Waals surface area contributed by atoms with E-state index in [1.165, 1.54) is 4.90 Å². The fourth-order valence-corrected chi connectivity index (χ4v) is 3.85. The van der Waals surface area contributed by atoms with E-state index in [0.717, 1.165) is 11.3 Å². The quantitative estimate of drug-likeness (QED) is 0.615. The lowest BCUT2D eigenvalue weighted by Crippen LogP contribution is -2.24. The number of alkyl halides is 1. The number of primary amides is 1. The van der Waals surface area contributed by atoms with Crippen LogP contribution in [0.3, 0.4) is 0 Å². The Hall–Kier alpha value is -3.29. The van der Waals surface area contributed by atoms with Crippen molar-refractivity contribution in [2.75, 3.05) is 18.9 Å². The number of thiazole rings is 1. The first kappa shape index (κ1) is 22.4. The van der Waals surface area contributed by atoms with Crippen LogP contribution in [0, 0.1) is 18.3 Å². The van der Waals surface area contributed by atoms with Crippen molar-refractivity contribution in [1.82, 2.24) is 9.88 Å². The molecule has 1 saturated heterocycles. The maximum Gasteiger partial charge on any atom is 0.270 e. The molecule has 3 atom stereocenters. The van der Waals surface area contributed by atoms with E-state index in [1.807, 2.05) is 0 Å². The molecule has 1 aromatic carbocycles. The monoisotopic (exact) mass is 444 g/mol. The van der Waals surface area contributed by atoms with E-state index >= 15 is 0 Å². The number of benzene rings is 1. The van der Waals surface area contributed by atoms with Gasteiger partial charge in [0.15, 0.2) is 5.69 Å². The normalized spacial score (nSPS) is 21.7. The number of terminal acetylenes is 1. The van der Waals surface area contributed by atoms with Gasteiger partial charge in [-0.1, -0.05) is 29.4 Å². The lowest BCUT2D eigenvalue weighted by molar-refractivity contribution is -0.133. The molecule has 162 valence electrons. The minimum absolute atomic E-state index is 0.0412. The molecule has 1 aliphatic heterocycles. The third kappa shape index (κ3) is 5.25. The molecule has 3 amide bonds. The average molecular weight is 444 g/mol. The number of carbonyl (C=O) groups is 3. The average Bonchev–Trinajstić information content (AvgIpc) is 3.23. The smallest absolute Gasteiger partial charge is 0.270 e. The number of hydrogen-bond acceptors (Lipinski definition) is 6. The second-order valence-electron chi connectivity index (χ2n) is 7.20. The van der Waals surface area contributed by atoms with Crippen LogP contribution in [-0.2, 0) is 9.59 Å². The van der Waals surface area contributed by atoms with Crippen LogP contribution in [0.1, 0.15) is 28.9 Å². The highest BCUT2D eigenvalue weighted by molar-refractivity contribution is 7.19. The Bertz CT molecular complexity index is 1050. The number of aliphatic hydroxyl groups is 1. The molecule has 0 radical (unpaired) electrons. The van der Waals surface area contributed by atoms with Gasteiger partial charge in [0.05, 0.1) is 5.92 Å². The number of likely N-dealkylation sites (tertiary alicyclic amines) is 1. The van der Waals surface area contributed by atoms with Crippen LogP contribution in [0.25, 0.3) is 10.6 Å². The Labute approximate surface area is 182 Å². The van der Waals surface area contributed by atoms with Crippen molar-refractivity contribution in [2.24, 2.45) is 11.7 Å². The lowest BCUT2D eigenvalue weighted by atomic mass is 10.1. The molecule has 4 N–H and O–H groups in total. The first-order chi connectivity index (χ1) is 14.7. The van der Waals surface area contributed by atoms with Gasteiger partial charge in [-0.3, -0.25) is 14.4 Å². The molecular formula is C21H21FN4O4S. The van der Waals surface area contributed by atoms with Gasteiger partial charge in [0, 0.05) is 24.7 Å². The van der Waals surface area contributed by atoms with E-state index in [9.17, 15) is 18.8 Å². The zero-order valence-corrected chi connectivity index (χ0v) is 17.5. The van der Waals surface area contributed by atoms with Crippen LogP contribution < -0.4 is 11.1 Å². The fraction of sp³-hybridized carbons (Fsp3) is 0.333. The van der Waals surface area contributed by atoms with Crippen molar-refractivity contribution >= 4 is 34.1 Å². The number of amides is 3. The van der Waals surface area contributed by atoms with Gasteiger partial charge < -0.3 is 21.1 Å². The van der Waals surface area contributed by atoms with E-state index < -0.39 is 30.0 Å². The molecule has 3 unspecified atom stereocenters. The van der Waals surface area contributed by atoms with Gasteiger partial charge in [-0.2, -0.15) is 0 Å². The number of aliphatic hydroxyl groups excluding tert-OH is 1. The van der Waals surface area contributed by atoms with E-state index in [2.05, 4.69) is 16.2 Å². The summed E-state index contributed by atoms with van der Waals surface area (Å²) < 4.78 is 13.0. The number of carbonyl (C=O) groups excluding carboxylic acids is 3. The maximum atomic E-state index is 13.0. The summed E-state index contributed by atoms with van der Waals surface area (Å²) in [6, 6.07) is 7.07. The number of anilines is 1. The SMILES string of the molecule is C#Cc1cccc(-c2nc(C(N)=O)c(NC(=O)C3CC3F)s2)c1.CN1CCC(O)C1=O. The molecule has 1 aliphatic carbocycles. The summed E-state index contributed by atoms with van der Waals surface area (Å²) in [6.07, 6.45) is 4.32. The molecule has 1 saturated carbocycles. The minimum atomic E-state index is -1.12. The predicted octanol–water partition coefficient (Wildman–Crippen LogP) is 1.40. The van der Waals surface area contributed by atoms with Gasteiger partial charge in [-0.15, -0.1) is 6.42 Å². The van der Waals surface area contributed by atoms with Gasteiger partial charge in [0.2, 0.25) is 5.91 Å². The van der Waals surface area contributed by atoms with Gasteiger partial charge in [-0.25, -0.2) is 9.37 Å². The van der Waals surface area contributed by atoms with Crippen molar-refractivity contribution in [3.05, 3.63) is 35.5 Å². The zero-order chi connectivity index (χ0) is 22.7. The molecule has 31 heavy (non-hydrogen) atoms. The Morgan fingerprint density at radius 3 is 2.65 bits per heavy atom. The zero-order valence-electron chi connectivity index (χ0n) is 16.7. The molecular weight excluding hydrogens is 423 g/mol. The van der Waals surface area contributed by atoms with Crippen molar-refractivity contribution in [1.29, 1.82) is 0 Å². The molecule has 10 heteroatoms. The summed E-state index contributed by atoms with van der Waals surface area (Å²) in [6.45, 7) is 0.694.